The number of nitrogens with zero attached hydrogens (tertiary/aromatic N) is 4. The average molecular weight is 375 g/mol. The van der Waals surface area contributed by atoms with Crippen LogP contribution in [0.4, 0.5) is 5.13 Å². The van der Waals surface area contributed by atoms with Crippen molar-refractivity contribution in [3.8, 4) is 11.5 Å². The van der Waals surface area contributed by atoms with Gasteiger partial charge in [-0.1, -0.05) is 17.4 Å². The molecule has 1 aromatic heterocycles. The molecule has 0 aliphatic carbocycles. The van der Waals surface area contributed by atoms with Gasteiger partial charge in [-0.15, -0.1) is 10.2 Å². The van der Waals surface area contributed by atoms with Gasteiger partial charge in [0.15, 0.2) is 11.5 Å². The van der Waals surface area contributed by atoms with Crippen LogP contribution >= 0.6 is 11.3 Å². The normalized spacial score (nSPS) is 18.0. The number of amides is 1. The summed E-state index contributed by atoms with van der Waals surface area (Å²) in [4.78, 5) is 16.3. The van der Waals surface area contributed by atoms with Crippen molar-refractivity contribution in [1.82, 2.24) is 20.4 Å². The standard InChI is InChI=1S/C17H21N5O3S/c1-11(12-3-4-13-14(9-12)25-10-24-13)21-5-7-22(8-6-21)17-20-19-16(26-17)15(23)18-2/h3-4,9,11H,5-8,10H2,1-2H3,(H,18,23)/t11-/m0/s1. The molecule has 0 spiro atoms. The SMILES string of the molecule is CNC(=O)c1nnc(N2CCN([C@@H](C)c3ccc4c(c3)OCO4)CC2)s1. The van der Waals surface area contributed by atoms with Crippen molar-refractivity contribution >= 4 is 22.4 Å². The smallest absolute Gasteiger partial charge is 0.282 e. The van der Waals surface area contributed by atoms with Crippen LogP contribution in [0.2, 0.25) is 0 Å². The molecule has 3 heterocycles. The third-order valence-corrected chi connectivity index (χ3v) is 5.83. The summed E-state index contributed by atoms with van der Waals surface area (Å²) in [6.45, 7) is 6.07. The Morgan fingerprint density at radius 2 is 1.96 bits per heavy atom. The van der Waals surface area contributed by atoms with E-state index in [1.807, 2.05) is 6.07 Å². The molecule has 1 atom stereocenters. The first-order valence-electron chi connectivity index (χ1n) is 8.60. The fourth-order valence-electron chi connectivity index (χ4n) is 3.23. The van der Waals surface area contributed by atoms with Crippen LogP contribution in [0.1, 0.15) is 28.3 Å². The summed E-state index contributed by atoms with van der Waals surface area (Å²) < 4.78 is 10.9. The summed E-state index contributed by atoms with van der Waals surface area (Å²) in [5.74, 6) is 1.45. The Bertz CT molecular complexity index is 803. The number of fused-ring (bicyclic) bond motifs is 1. The molecule has 2 aliphatic heterocycles. The van der Waals surface area contributed by atoms with Crippen LogP contribution in [-0.4, -0.2) is 61.0 Å². The predicted octanol–water partition coefficient (Wildman–Crippen LogP) is 1.51. The summed E-state index contributed by atoms with van der Waals surface area (Å²) in [5, 5.41) is 11.9. The van der Waals surface area contributed by atoms with Gasteiger partial charge in [0.25, 0.3) is 5.91 Å². The molecular formula is C17H21N5O3S. The lowest BCUT2D eigenvalue weighted by atomic mass is 10.1. The summed E-state index contributed by atoms with van der Waals surface area (Å²) >= 11 is 1.33. The number of rotatable bonds is 4. The first kappa shape index (κ1) is 17.0. The lowest BCUT2D eigenvalue weighted by Gasteiger charge is -2.38. The number of carbonyl (C=O) groups excluding carboxylic acids is 1. The van der Waals surface area contributed by atoms with E-state index in [1.165, 1.54) is 16.9 Å². The first-order chi connectivity index (χ1) is 12.7. The third kappa shape index (κ3) is 3.19. The van der Waals surface area contributed by atoms with E-state index in [4.69, 9.17) is 9.47 Å². The number of piperazine rings is 1. The molecule has 2 aliphatic rings. The molecule has 138 valence electrons. The lowest BCUT2D eigenvalue weighted by molar-refractivity contribution is 0.0962. The highest BCUT2D eigenvalue weighted by molar-refractivity contribution is 7.17. The van der Waals surface area contributed by atoms with Crippen molar-refractivity contribution < 1.29 is 14.3 Å². The molecule has 9 heteroatoms. The van der Waals surface area contributed by atoms with E-state index in [1.54, 1.807) is 7.05 Å². The van der Waals surface area contributed by atoms with Gasteiger partial charge in [0, 0.05) is 39.3 Å². The van der Waals surface area contributed by atoms with Crippen molar-refractivity contribution in [1.29, 1.82) is 0 Å². The Hall–Kier alpha value is -2.39. The number of hydrogen-bond acceptors (Lipinski definition) is 8. The average Bonchev–Trinajstić information content (AvgIpc) is 3.35. The molecule has 1 N–H and O–H groups in total. The second kappa shape index (κ2) is 7.08. The minimum Gasteiger partial charge on any atom is -0.454 e. The number of benzene rings is 1. The molecule has 26 heavy (non-hydrogen) atoms. The highest BCUT2D eigenvalue weighted by Crippen LogP contribution is 2.35. The van der Waals surface area contributed by atoms with E-state index in [0.717, 1.165) is 42.8 Å². The Morgan fingerprint density at radius 3 is 2.73 bits per heavy atom. The van der Waals surface area contributed by atoms with E-state index in [2.05, 4.69) is 44.4 Å². The van der Waals surface area contributed by atoms with Crippen molar-refractivity contribution in [3.05, 3.63) is 28.8 Å². The van der Waals surface area contributed by atoms with E-state index in [-0.39, 0.29) is 5.91 Å². The zero-order chi connectivity index (χ0) is 18.1. The van der Waals surface area contributed by atoms with Gasteiger partial charge in [-0.3, -0.25) is 9.69 Å². The largest absolute Gasteiger partial charge is 0.454 e. The zero-order valence-electron chi connectivity index (χ0n) is 14.8. The molecular weight excluding hydrogens is 354 g/mol. The second-order valence-electron chi connectivity index (χ2n) is 6.28. The molecule has 0 radical (unpaired) electrons. The van der Waals surface area contributed by atoms with Crippen LogP contribution in [0.3, 0.4) is 0 Å². The van der Waals surface area contributed by atoms with Gasteiger partial charge in [0.05, 0.1) is 0 Å². The molecule has 8 nitrogen and oxygen atoms in total. The lowest BCUT2D eigenvalue weighted by Crippen LogP contribution is -2.47. The number of carbonyl (C=O) groups is 1. The molecule has 1 saturated heterocycles. The molecule has 2 aromatic rings. The van der Waals surface area contributed by atoms with Gasteiger partial charge >= 0.3 is 0 Å². The molecule has 0 saturated carbocycles. The van der Waals surface area contributed by atoms with Crippen LogP contribution < -0.4 is 19.7 Å². The minimum absolute atomic E-state index is 0.191. The summed E-state index contributed by atoms with van der Waals surface area (Å²) in [6, 6.07) is 6.44. The van der Waals surface area contributed by atoms with Crippen molar-refractivity contribution in [2.75, 3.05) is 44.9 Å². The van der Waals surface area contributed by atoms with Crippen LogP contribution in [0.15, 0.2) is 18.2 Å². The zero-order valence-corrected chi connectivity index (χ0v) is 15.6. The number of anilines is 1. The Balaban J connectivity index is 1.38. The Kier molecular flexibility index (Phi) is 4.64. The summed E-state index contributed by atoms with van der Waals surface area (Å²) in [6.07, 6.45) is 0. The third-order valence-electron chi connectivity index (χ3n) is 4.85. The molecule has 0 unspecified atom stereocenters. The number of hydrogen-bond donors (Lipinski definition) is 1. The molecule has 4 rings (SSSR count). The number of nitrogens with one attached hydrogen (secondary N) is 1. The Labute approximate surface area is 155 Å². The fraction of sp³-hybridized carbons (Fsp3) is 0.471. The number of ether oxygens (including phenoxy) is 2. The summed E-state index contributed by atoms with van der Waals surface area (Å²) in [7, 11) is 1.60. The van der Waals surface area contributed by atoms with Crippen LogP contribution in [0.25, 0.3) is 0 Å². The maximum Gasteiger partial charge on any atom is 0.282 e. The van der Waals surface area contributed by atoms with E-state index in [0.29, 0.717) is 17.8 Å². The van der Waals surface area contributed by atoms with Crippen molar-refractivity contribution in [3.63, 3.8) is 0 Å². The van der Waals surface area contributed by atoms with E-state index >= 15 is 0 Å². The Morgan fingerprint density at radius 1 is 1.19 bits per heavy atom. The summed E-state index contributed by atoms with van der Waals surface area (Å²) in [5.41, 5.74) is 1.22. The number of aromatic nitrogens is 2. The quantitative estimate of drug-likeness (QED) is 0.868. The van der Waals surface area contributed by atoms with Crippen LogP contribution in [0, 0.1) is 0 Å². The van der Waals surface area contributed by atoms with Gasteiger partial charge in [-0.2, -0.15) is 0 Å². The molecule has 0 bridgehead atoms. The van der Waals surface area contributed by atoms with Gasteiger partial charge in [0.1, 0.15) is 0 Å². The molecule has 1 amide bonds. The van der Waals surface area contributed by atoms with Crippen molar-refractivity contribution in [2.45, 2.75) is 13.0 Å². The van der Waals surface area contributed by atoms with Crippen LogP contribution in [0.5, 0.6) is 11.5 Å². The predicted molar refractivity (Wildman–Crippen MR) is 98.1 cm³/mol. The highest BCUT2D eigenvalue weighted by Gasteiger charge is 2.26. The van der Waals surface area contributed by atoms with Gasteiger partial charge < -0.3 is 19.7 Å². The fourth-order valence-corrected chi connectivity index (χ4v) is 4.07. The second-order valence-corrected chi connectivity index (χ2v) is 7.24. The van der Waals surface area contributed by atoms with Gasteiger partial charge in [-0.05, 0) is 24.6 Å². The van der Waals surface area contributed by atoms with Gasteiger partial charge in [-0.25, -0.2) is 0 Å². The highest BCUT2D eigenvalue weighted by atomic mass is 32.1. The molecule has 1 aromatic carbocycles. The van der Waals surface area contributed by atoms with E-state index in [9.17, 15) is 4.79 Å². The van der Waals surface area contributed by atoms with E-state index < -0.39 is 0 Å². The minimum atomic E-state index is -0.191. The van der Waals surface area contributed by atoms with Crippen molar-refractivity contribution in [2.24, 2.45) is 0 Å². The van der Waals surface area contributed by atoms with Gasteiger partial charge in [0.2, 0.25) is 16.9 Å². The maximum atomic E-state index is 11.6. The first-order valence-corrected chi connectivity index (χ1v) is 9.41. The topological polar surface area (TPSA) is 79.8 Å². The monoisotopic (exact) mass is 375 g/mol. The molecule has 1 fully saturated rings. The van der Waals surface area contributed by atoms with Crippen LogP contribution in [-0.2, 0) is 0 Å². The maximum absolute atomic E-state index is 11.6.